The van der Waals surface area contributed by atoms with Crippen LogP contribution in [0, 0.1) is 6.92 Å². The highest BCUT2D eigenvalue weighted by Crippen LogP contribution is 2.19. The number of carbonyl (C=O) groups is 1. The molecule has 0 fully saturated rings. The Morgan fingerprint density at radius 1 is 1.44 bits per heavy atom. The fourth-order valence-electron chi connectivity index (χ4n) is 1.43. The number of anilines is 2. The lowest BCUT2D eigenvalue weighted by Gasteiger charge is -2.08. The molecule has 0 atom stereocenters. The third-order valence-electron chi connectivity index (χ3n) is 2.38. The minimum absolute atomic E-state index is 0.243. The summed E-state index contributed by atoms with van der Waals surface area (Å²) in [6.07, 6.45) is 3.00. The number of hydrogen-bond acceptors (Lipinski definition) is 4. The Kier molecular flexibility index (Phi) is 3.43. The molecule has 0 unspecified atom stereocenters. The van der Waals surface area contributed by atoms with Crippen LogP contribution >= 0.6 is 11.6 Å². The van der Waals surface area contributed by atoms with Gasteiger partial charge in [0.15, 0.2) is 0 Å². The molecule has 0 aromatic carbocycles. The summed E-state index contributed by atoms with van der Waals surface area (Å²) in [5.74, 6) is -0.0994. The van der Waals surface area contributed by atoms with Crippen LogP contribution < -0.4 is 11.1 Å². The summed E-state index contributed by atoms with van der Waals surface area (Å²) >= 11 is 5.90. The fourth-order valence-corrected chi connectivity index (χ4v) is 1.62. The van der Waals surface area contributed by atoms with Crippen molar-refractivity contribution in [3.8, 4) is 0 Å². The Hall–Kier alpha value is -2.14. The molecule has 2 heterocycles. The van der Waals surface area contributed by atoms with E-state index in [9.17, 15) is 4.79 Å². The maximum Gasteiger partial charge on any atom is 0.257 e. The lowest BCUT2D eigenvalue weighted by atomic mass is 10.2. The number of nitrogen functional groups attached to an aromatic ring is 1. The van der Waals surface area contributed by atoms with Crippen molar-refractivity contribution >= 4 is 29.0 Å². The maximum absolute atomic E-state index is 12.0. The van der Waals surface area contributed by atoms with E-state index in [0.29, 0.717) is 5.69 Å². The van der Waals surface area contributed by atoms with Crippen LogP contribution in [-0.4, -0.2) is 15.9 Å². The van der Waals surface area contributed by atoms with Gasteiger partial charge in [0.05, 0.1) is 22.0 Å². The lowest BCUT2D eigenvalue weighted by molar-refractivity contribution is 0.102. The summed E-state index contributed by atoms with van der Waals surface area (Å²) in [7, 11) is 0. The average molecular weight is 263 g/mol. The molecule has 0 saturated carbocycles. The van der Waals surface area contributed by atoms with Gasteiger partial charge in [-0.25, -0.2) is 4.98 Å². The molecule has 2 rings (SSSR count). The van der Waals surface area contributed by atoms with Crippen molar-refractivity contribution in [3.05, 3.63) is 46.9 Å². The van der Waals surface area contributed by atoms with Crippen LogP contribution in [-0.2, 0) is 0 Å². The highest BCUT2D eigenvalue weighted by atomic mass is 35.5. The second kappa shape index (κ2) is 5.01. The first-order valence-corrected chi connectivity index (χ1v) is 5.59. The Bertz CT molecular complexity index is 600. The van der Waals surface area contributed by atoms with Gasteiger partial charge < -0.3 is 11.1 Å². The van der Waals surface area contributed by atoms with Crippen molar-refractivity contribution in [2.45, 2.75) is 6.92 Å². The summed E-state index contributed by atoms with van der Waals surface area (Å²) in [5.41, 5.74) is 7.17. The van der Waals surface area contributed by atoms with Crippen LogP contribution in [0.1, 0.15) is 16.1 Å². The van der Waals surface area contributed by atoms with Crippen molar-refractivity contribution in [1.82, 2.24) is 9.97 Å². The summed E-state index contributed by atoms with van der Waals surface area (Å²) in [4.78, 5) is 19.9. The number of nitrogens with one attached hydrogen (secondary N) is 1. The van der Waals surface area contributed by atoms with Gasteiger partial charge in [-0.05, 0) is 25.1 Å². The molecule has 5 nitrogen and oxygen atoms in total. The molecule has 3 N–H and O–H groups in total. The number of carbonyl (C=O) groups excluding carboxylic acids is 1. The van der Waals surface area contributed by atoms with Crippen LogP contribution in [0.5, 0.6) is 0 Å². The molecule has 92 valence electrons. The molecule has 0 aliphatic carbocycles. The number of aryl methyl sites for hydroxylation is 1. The average Bonchev–Trinajstić information content (AvgIpc) is 2.35. The van der Waals surface area contributed by atoms with Crippen molar-refractivity contribution in [3.63, 3.8) is 0 Å². The molecule has 0 saturated heterocycles. The number of rotatable bonds is 2. The number of aromatic nitrogens is 2. The second-order valence-electron chi connectivity index (χ2n) is 3.68. The van der Waals surface area contributed by atoms with Crippen LogP contribution in [0.3, 0.4) is 0 Å². The van der Waals surface area contributed by atoms with E-state index in [1.807, 2.05) is 0 Å². The third-order valence-corrected chi connectivity index (χ3v) is 2.68. The minimum atomic E-state index is -0.342. The second-order valence-corrected chi connectivity index (χ2v) is 4.09. The number of nitrogens with zero attached hydrogens (tertiary/aromatic N) is 2. The van der Waals surface area contributed by atoms with E-state index in [4.69, 9.17) is 17.3 Å². The molecular weight excluding hydrogens is 252 g/mol. The first-order valence-electron chi connectivity index (χ1n) is 5.22. The number of nitrogens with two attached hydrogens (primary N) is 1. The smallest absolute Gasteiger partial charge is 0.257 e. The summed E-state index contributed by atoms with van der Waals surface area (Å²) < 4.78 is 0. The third kappa shape index (κ3) is 2.57. The molecule has 0 bridgehead atoms. The molecule has 0 aliphatic rings. The molecule has 1 amide bonds. The van der Waals surface area contributed by atoms with Gasteiger partial charge in [-0.2, -0.15) is 0 Å². The molecular formula is C12H11ClN4O. The predicted molar refractivity (Wildman–Crippen MR) is 70.6 cm³/mol. The normalized spacial score (nSPS) is 10.1. The molecule has 0 radical (unpaired) electrons. The van der Waals surface area contributed by atoms with Crippen molar-refractivity contribution in [2.24, 2.45) is 0 Å². The zero-order valence-electron chi connectivity index (χ0n) is 9.64. The number of pyridine rings is 2. The largest absolute Gasteiger partial charge is 0.384 e. The monoisotopic (exact) mass is 262 g/mol. The van der Waals surface area contributed by atoms with Gasteiger partial charge in [0.1, 0.15) is 5.82 Å². The van der Waals surface area contributed by atoms with E-state index >= 15 is 0 Å². The maximum atomic E-state index is 12.0. The van der Waals surface area contributed by atoms with Crippen LogP contribution in [0.2, 0.25) is 5.02 Å². The summed E-state index contributed by atoms with van der Waals surface area (Å²) in [5, 5.41) is 2.98. The molecule has 2 aromatic rings. The highest BCUT2D eigenvalue weighted by molar-refractivity contribution is 6.34. The first kappa shape index (κ1) is 12.3. The van der Waals surface area contributed by atoms with Gasteiger partial charge in [-0.1, -0.05) is 11.6 Å². The van der Waals surface area contributed by atoms with E-state index in [-0.39, 0.29) is 22.3 Å². The van der Waals surface area contributed by atoms with Gasteiger partial charge in [-0.15, -0.1) is 0 Å². The van der Waals surface area contributed by atoms with Crippen LogP contribution in [0.4, 0.5) is 11.5 Å². The lowest BCUT2D eigenvalue weighted by Crippen LogP contribution is -2.14. The Morgan fingerprint density at radius 3 is 2.94 bits per heavy atom. The van der Waals surface area contributed by atoms with Gasteiger partial charge in [0.25, 0.3) is 5.91 Å². The van der Waals surface area contributed by atoms with Crippen molar-refractivity contribution in [1.29, 1.82) is 0 Å². The van der Waals surface area contributed by atoms with Crippen molar-refractivity contribution < 1.29 is 4.79 Å². The SMILES string of the molecule is Cc1ncccc1NC(=O)c1cc(N)ncc1Cl. The molecule has 0 aliphatic heterocycles. The molecule has 6 heteroatoms. The zero-order valence-corrected chi connectivity index (χ0v) is 10.4. The fraction of sp³-hybridized carbons (Fsp3) is 0.0833. The van der Waals surface area contributed by atoms with E-state index in [1.165, 1.54) is 12.3 Å². The molecule has 18 heavy (non-hydrogen) atoms. The van der Waals surface area contributed by atoms with E-state index in [2.05, 4.69) is 15.3 Å². The quantitative estimate of drug-likeness (QED) is 0.870. The van der Waals surface area contributed by atoms with Gasteiger partial charge >= 0.3 is 0 Å². The van der Waals surface area contributed by atoms with Gasteiger partial charge in [-0.3, -0.25) is 9.78 Å². The highest BCUT2D eigenvalue weighted by Gasteiger charge is 2.12. The summed E-state index contributed by atoms with van der Waals surface area (Å²) in [6.45, 7) is 1.80. The number of hydrogen-bond donors (Lipinski definition) is 2. The standard InChI is InChI=1S/C12H11ClN4O/c1-7-10(3-2-4-15-7)17-12(18)8-5-11(14)16-6-9(8)13/h2-6H,1H3,(H2,14,16)(H,17,18). The predicted octanol–water partition coefficient (Wildman–Crippen LogP) is 2.27. The topological polar surface area (TPSA) is 80.9 Å². The van der Waals surface area contributed by atoms with E-state index in [1.54, 1.807) is 25.3 Å². The zero-order chi connectivity index (χ0) is 13.1. The Balaban J connectivity index is 2.28. The Labute approximate surface area is 109 Å². The van der Waals surface area contributed by atoms with Crippen LogP contribution in [0.15, 0.2) is 30.6 Å². The Morgan fingerprint density at radius 2 is 2.22 bits per heavy atom. The number of halogens is 1. The van der Waals surface area contributed by atoms with Gasteiger partial charge in [0.2, 0.25) is 0 Å². The number of amides is 1. The van der Waals surface area contributed by atoms with E-state index < -0.39 is 0 Å². The van der Waals surface area contributed by atoms with Crippen LogP contribution in [0.25, 0.3) is 0 Å². The molecule has 2 aromatic heterocycles. The molecule has 0 spiro atoms. The van der Waals surface area contributed by atoms with Crippen molar-refractivity contribution in [2.75, 3.05) is 11.1 Å². The minimum Gasteiger partial charge on any atom is -0.384 e. The first-order chi connectivity index (χ1) is 8.58. The summed E-state index contributed by atoms with van der Waals surface area (Å²) in [6, 6.07) is 4.94. The van der Waals surface area contributed by atoms with Gasteiger partial charge in [0, 0.05) is 12.4 Å². The van der Waals surface area contributed by atoms with E-state index in [0.717, 1.165) is 5.69 Å².